The average molecular weight is 528 g/mol. The average Bonchev–Trinajstić information content (AvgIpc) is 2.92. The summed E-state index contributed by atoms with van der Waals surface area (Å²) >= 11 is 0. The summed E-state index contributed by atoms with van der Waals surface area (Å²) in [5.74, 6) is -3.09. The van der Waals surface area contributed by atoms with Crippen molar-refractivity contribution >= 4 is 29.4 Å². The van der Waals surface area contributed by atoms with Crippen molar-refractivity contribution in [3.8, 4) is 6.19 Å². The van der Waals surface area contributed by atoms with Crippen molar-refractivity contribution in [3.05, 3.63) is 42.0 Å². The lowest BCUT2D eigenvalue weighted by atomic mass is 9.80. The molecule has 0 unspecified atom stereocenters. The SMILES string of the molecule is CCCN1CCN(c2ccc(C(=O)NC3(C(=O)N(C)C#N)CCCCC3)cc2)CC1.O=C(O)/C=C\C(=O)O. The Labute approximate surface area is 223 Å². The Morgan fingerprint density at radius 1 is 1.00 bits per heavy atom. The summed E-state index contributed by atoms with van der Waals surface area (Å²) in [6.07, 6.45) is 8.10. The smallest absolute Gasteiger partial charge is 0.328 e. The van der Waals surface area contributed by atoms with Crippen LogP contribution in [0.1, 0.15) is 55.8 Å². The molecule has 38 heavy (non-hydrogen) atoms. The zero-order valence-corrected chi connectivity index (χ0v) is 22.1. The standard InChI is InChI=1S/C23H33N5O2.C4H4O4/c1-3-13-27-14-16-28(17-15-27)20-9-7-19(8-10-20)21(29)25-23(11-5-4-6-12-23)22(30)26(2)18-24;5-3(6)1-2-4(7)8/h7-10H,3-6,11-17H2,1-2H3,(H,25,29);1-2H,(H,5,6)(H,7,8)/b;2-1-. The lowest BCUT2D eigenvalue weighted by Gasteiger charge is -2.37. The summed E-state index contributed by atoms with van der Waals surface area (Å²) in [7, 11) is 1.46. The van der Waals surface area contributed by atoms with Crippen molar-refractivity contribution in [3.63, 3.8) is 0 Å². The molecule has 1 aromatic rings. The number of carboxylic acids is 2. The van der Waals surface area contributed by atoms with E-state index in [9.17, 15) is 19.2 Å². The highest BCUT2D eigenvalue weighted by Gasteiger charge is 2.42. The van der Waals surface area contributed by atoms with Crippen LogP contribution in [0.4, 0.5) is 5.69 Å². The molecule has 1 heterocycles. The molecule has 206 valence electrons. The third-order valence-corrected chi connectivity index (χ3v) is 6.70. The number of likely N-dealkylation sites (N-methyl/N-ethyl adjacent to an activating group) is 1. The number of aliphatic carboxylic acids is 2. The van der Waals surface area contributed by atoms with Crippen LogP contribution in [0.3, 0.4) is 0 Å². The Morgan fingerprint density at radius 2 is 1.55 bits per heavy atom. The van der Waals surface area contributed by atoms with Gasteiger partial charge in [-0.25, -0.2) is 9.59 Å². The second kappa shape index (κ2) is 14.7. The van der Waals surface area contributed by atoms with Crippen LogP contribution in [0.15, 0.2) is 36.4 Å². The quantitative estimate of drug-likeness (QED) is 0.262. The molecule has 1 saturated carbocycles. The van der Waals surface area contributed by atoms with Crippen molar-refractivity contribution < 1.29 is 29.4 Å². The van der Waals surface area contributed by atoms with Crippen LogP contribution in [0, 0.1) is 11.5 Å². The number of carboxylic acid groups (broad SMARTS) is 2. The van der Waals surface area contributed by atoms with Crippen LogP contribution in [-0.2, 0) is 14.4 Å². The number of nitrogens with one attached hydrogen (secondary N) is 1. The van der Waals surface area contributed by atoms with Crippen LogP contribution >= 0.6 is 0 Å². The normalized spacial score (nSPS) is 17.0. The van der Waals surface area contributed by atoms with E-state index in [0.29, 0.717) is 30.6 Å². The van der Waals surface area contributed by atoms with Crippen molar-refractivity contribution in [1.29, 1.82) is 5.26 Å². The van der Waals surface area contributed by atoms with E-state index in [1.54, 1.807) is 0 Å². The van der Waals surface area contributed by atoms with Crippen LogP contribution in [0.5, 0.6) is 0 Å². The molecule has 3 rings (SSSR count). The predicted molar refractivity (Wildman–Crippen MR) is 141 cm³/mol. The molecule has 1 aromatic carbocycles. The lowest BCUT2D eigenvalue weighted by Crippen LogP contribution is -2.59. The van der Waals surface area contributed by atoms with E-state index >= 15 is 0 Å². The van der Waals surface area contributed by atoms with Gasteiger partial charge in [-0.3, -0.25) is 19.4 Å². The molecule has 1 aliphatic carbocycles. The molecule has 1 aliphatic heterocycles. The van der Waals surface area contributed by atoms with Crippen molar-refractivity contribution in [2.24, 2.45) is 0 Å². The fourth-order valence-corrected chi connectivity index (χ4v) is 4.72. The van der Waals surface area contributed by atoms with Gasteiger partial charge in [0.05, 0.1) is 0 Å². The fraction of sp³-hybridized carbons (Fsp3) is 0.519. The Bertz CT molecular complexity index is 1020. The van der Waals surface area contributed by atoms with Crippen LogP contribution in [0.25, 0.3) is 0 Å². The Morgan fingerprint density at radius 3 is 2.03 bits per heavy atom. The van der Waals surface area contributed by atoms with E-state index in [2.05, 4.69) is 22.0 Å². The van der Waals surface area contributed by atoms with Gasteiger partial charge in [-0.15, -0.1) is 0 Å². The first-order chi connectivity index (χ1) is 18.1. The topological polar surface area (TPSA) is 154 Å². The maximum atomic E-state index is 13.0. The number of benzene rings is 1. The lowest BCUT2D eigenvalue weighted by molar-refractivity contribution is -0.135. The van der Waals surface area contributed by atoms with Gasteiger partial charge in [-0.05, 0) is 50.1 Å². The van der Waals surface area contributed by atoms with Gasteiger partial charge in [0.2, 0.25) is 0 Å². The number of hydrogen-bond donors (Lipinski definition) is 3. The zero-order chi connectivity index (χ0) is 28.1. The molecular formula is C27H37N5O6. The van der Waals surface area contributed by atoms with E-state index in [-0.39, 0.29) is 11.8 Å². The molecule has 0 radical (unpaired) electrons. The first-order valence-corrected chi connectivity index (χ1v) is 12.8. The third-order valence-electron chi connectivity index (χ3n) is 6.70. The van der Waals surface area contributed by atoms with E-state index in [1.165, 1.54) is 13.5 Å². The number of amides is 2. The van der Waals surface area contributed by atoms with Crippen molar-refractivity contribution in [2.75, 3.05) is 44.7 Å². The van der Waals surface area contributed by atoms with Crippen LogP contribution in [-0.4, -0.2) is 89.1 Å². The number of carbonyl (C=O) groups is 4. The highest BCUT2D eigenvalue weighted by atomic mass is 16.4. The largest absolute Gasteiger partial charge is 0.478 e. The molecule has 0 spiro atoms. The molecular weight excluding hydrogens is 490 g/mol. The highest BCUT2D eigenvalue weighted by Crippen LogP contribution is 2.30. The Balaban J connectivity index is 0.000000550. The maximum absolute atomic E-state index is 13.0. The zero-order valence-electron chi connectivity index (χ0n) is 22.1. The third kappa shape index (κ3) is 8.88. The van der Waals surface area contributed by atoms with Crippen molar-refractivity contribution in [2.45, 2.75) is 51.0 Å². The summed E-state index contributed by atoms with van der Waals surface area (Å²) < 4.78 is 0. The molecule has 11 nitrogen and oxygen atoms in total. The van der Waals surface area contributed by atoms with Gasteiger partial charge in [-0.2, -0.15) is 5.26 Å². The van der Waals surface area contributed by atoms with E-state index in [1.807, 2.05) is 30.5 Å². The van der Waals surface area contributed by atoms with Gasteiger partial charge in [0, 0.05) is 56.6 Å². The summed E-state index contributed by atoms with van der Waals surface area (Å²) in [5.41, 5.74) is 0.685. The second-order valence-electron chi connectivity index (χ2n) is 9.45. The van der Waals surface area contributed by atoms with E-state index in [4.69, 9.17) is 15.5 Å². The first kappa shape index (κ1) is 30.3. The molecule has 3 N–H and O–H groups in total. The second-order valence-corrected chi connectivity index (χ2v) is 9.45. The summed E-state index contributed by atoms with van der Waals surface area (Å²) in [6.45, 7) is 7.46. The number of nitriles is 1. The maximum Gasteiger partial charge on any atom is 0.328 e. The predicted octanol–water partition coefficient (Wildman–Crippen LogP) is 2.30. The molecule has 11 heteroatoms. The molecule has 0 bridgehead atoms. The molecule has 1 saturated heterocycles. The van der Waals surface area contributed by atoms with Crippen LogP contribution < -0.4 is 10.2 Å². The Kier molecular flexibility index (Phi) is 11.8. The van der Waals surface area contributed by atoms with Gasteiger partial charge in [0.1, 0.15) is 5.54 Å². The molecule has 2 fully saturated rings. The molecule has 0 atom stereocenters. The number of nitrogens with zero attached hydrogens (tertiary/aromatic N) is 4. The van der Waals surface area contributed by atoms with Gasteiger partial charge >= 0.3 is 11.9 Å². The number of rotatable bonds is 8. The van der Waals surface area contributed by atoms with E-state index < -0.39 is 17.5 Å². The first-order valence-electron chi connectivity index (χ1n) is 12.8. The monoisotopic (exact) mass is 527 g/mol. The number of anilines is 1. The summed E-state index contributed by atoms with van der Waals surface area (Å²) in [6, 6.07) is 7.64. The minimum atomic E-state index is -1.26. The van der Waals surface area contributed by atoms with Gasteiger partial charge in [-0.1, -0.05) is 26.2 Å². The van der Waals surface area contributed by atoms with Crippen molar-refractivity contribution in [1.82, 2.24) is 15.1 Å². The summed E-state index contributed by atoms with van der Waals surface area (Å²) in [5, 5.41) is 27.7. The number of carbonyl (C=O) groups excluding carboxylic acids is 2. The van der Waals surface area contributed by atoms with Crippen LogP contribution in [0.2, 0.25) is 0 Å². The summed E-state index contributed by atoms with van der Waals surface area (Å²) in [4.78, 5) is 50.8. The fourth-order valence-electron chi connectivity index (χ4n) is 4.72. The minimum Gasteiger partial charge on any atom is -0.478 e. The number of piperazine rings is 1. The molecule has 0 aromatic heterocycles. The minimum absolute atomic E-state index is 0.254. The molecule has 2 aliphatic rings. The van der Waals surface area contributed by atoms with Gasteiger partial charge in [0.25, 0.3) is 11.8 Å². The molecule has 2 amide bonds. The highest BCUT2D eigenvalue weighted by molar-refractivity contribution is 5.99. The van der Waals surface area contributed by atoms with Gasteiger partial charge in [0.15, 0.2) is 6.19 Å². The van der Waals surface area contributed by atoms with E-state index in [0.717, 1.165) is 62.6 Å². The van der Waals surface area contributed by atoms with Gasteiger partial charge < -0.3 is 20.4 Å². The number of hydrogen-bond acceptors (Lipinski definition) is 7. The Hall–Kier alpha value is -3.91.